The largest absolute Gasteiger partial charge is 0.438 e. The summed E-state index contributed by atoms with van der Waals surface area (Å²) in [5.41, 5.74) is 2.94. The van der Waals surface area contributed by atoms with Crippen LogP contribution in [0.5, 0.6) is 11.6 Å². The molecule has 4 aromatic rings. The first-order chi connectivity index (χ1) is 14.0. The van der Waals surface area contributed by atoms with Crippen LogP contribution in [0.2, 0.25) is 0 Å². The summed E-state index contributed by atoms with van der Waals surface area (Å²) in [4.78, 5) is 16.6. The minimum Gasteiger partial charge on any atom is -0.438 e. The van der Waals surface area contributed by atoms with Gasteiger partial charge in [-0.2, -0.15) is 0 Å². The molecule has 0 radical (unpaired) electrons. The van der Waals surface area contributed by atoms with E-state index in [2.05, 4.69) is 20.9 Å². The van der Waals surface area contributed by atoms with Crippen LogP contribution in [0.4, 0.5) is 4.39 Å². The molecule has 4 rings (SSSR count). The molecule has 0 unspecified atom stereocenters. The summed E-state index contributed by atoms with van der Waals surface area (Å²) in [6.45, 7) is 1.39. The van der Waals surface area contributed by atoms with Crippen molar-refractivity contribution in [1.29, 1.82) is 0 Å². The van der Waals surface area contributed by atoms with Crippen LogP contribution in [0, 0.1) is 5.82 Å². The van der Waals surface area contributed by atoms with Crippen molar-refractivity contribution in [3.63, 3.8) is 0 Å². The Kier molecular flexibility index (Phi) is 5.41. The summed E-state index contributed by atoms with van der Waals surface area (Å²) in [6.07, 6.45) is 0.613. The third kappa shape index (κ3) is 4.35. The highest BCUT2D eigenvalue weighted by molar-refractivity contribution is 9.10. The summed E-state index contributed by atoms with van der Waals surface area (Å²) >= 11 is 3.50. The van der Waals surface area contributed by atoms with Crippen LogP contribution in [0.25, 0.3) is 10.9 Å². The van der Waals surface area contributed by atoms with E-state index >= 15 is 0 Å². The Morgan fingerprint density at radius 2 is 1.83 bits per heavy atom. The number of ether oxygens (including phenoxy) is 1. The van der Waals surface area contributed by atoms with E-state index in [0.717, 1.165) is 26.5 Å². The number of halogens is 2. The first kappa shape index (κ1) is 19.3. The van der Waals surface area contributed by atoms with Gasteiger partial charge in [-0.15, -0.1) is 0 Å². The van der Waals surface area contributed by atoms with Crippen LogP contribution in [0.15, 0.2) is 77.3 Å². The van der Waals surface area contributed by atoms with Crippen molar-refractivity contribution in [2.75, 3.05) is 0 Å². The topological polar surface area (TPSA) is 39.2 Å². The lowest BCUT2D eigenvalue weighted by molar-refractivity contribution is 0.101. The number of Topliss-reactive ketones (excluding diaryl/α,β-unsaturated/α-hetero) is 1. The zero-order valence-electron chi connectivity index (χ0n) is 15.7. The summed E-state index contributed by atoms with van der Waals surface area (Å²) in [7, 11) is 0. The molecule has 0 fully saturated rings. The predicted octanol–water partition coefficient (Wildman–Crippen LogP) is 6.72. The molecule has 1 heterocycles. The molecule has 0 N–H and O–H groups in total. The first-order valence-corrected chi connectivity index (χ1v) is 9.90. The maximum Gasteiger partial charge on any atom is 0.223 e. The summed E-state index contributed by atoms with van der Waals surface area (Å²) in [5, 5.41) is 0.976. The van der Waals surface area contributed by atoms with E-state index in [1.807, 2.05) is 54.6 Å². The van der Waals surface area contributed by atoms with E-state index in [0.29, 0.717) is 12.3 Å². The number of pyridine rings is 1. The lowest BCUT2D eigenvalue weighted by Crippen LogP contribution is -2.02. The molecule has 0 spiro atoms. The van der Waals surface area contributed by atoms with Crippen molar-refractivity contribution >= 4 is 32.6 Å². The Morgan fingerprint density at radius 1 is 1.03 bits per heavy atom. The molecule has 0 saturated carbocycles. The molecule has 0 aliphatic heterocycles. The monoisotopic (exact) mass is 449 g/mol. The van der Waals surface area contributed by atoms with Gasteiger partial charge in [0.15, 0.2) is 5.78 Å². The van der Waals surface area contributed by atoms with Crippen molar-refractivity contribution in [2.24, 2.45) is 0 Å². The van der Waals surface area contributed by atoms with Crippen LogP contribution in [0.1, 0.15) is 28.4 Å². The Labute approximate surface area is 176 Å². The first-order valence-electron chi connectivity index (χ1n) is 9.11. The molecule has 3 aromatic carbocycles. The molecular weight excluding hydrogens is 433 g/mol. The lowest BCUT2D eigenvalue weighted by Gasteiger charge is -2.14. The molecule has 3 nitrogen and oxygen atoms in total. The van der Waals surface area contributed by atoms with Crippen LogP contribution in [-0.2, 0) is 6.42 Å². The molecule has 0 saturated heterocycles. The number of nitrogens with zero attached hydrogens (tertiary/aromatic N) is 1. The number of carbonyl (C=O) groups excluding carboxylic acids is 1. The fourth-order valence-corrected chi connectivity index (χ4v) is 3.55. The normalized spacial score (nSPS) is 10.9. The van der Waals surface area contributed by atoms with Gasteiger partial charge in [0.2, 0.25) is 5.88 Å². The fraction of sp³-hybridized carbons (Fsp3) is 0.0833. The number of aromatic nitrogens is 1. The molecular formula is C24H17BrFNO2. The maximum atomic E-state index is 13.6. The Morgan fingerprint density at radius 3 is 2.59 bits per heavy atom. The number of fused-ring (bicyclic) bond motifs is 1. The van der Waals surface area contributed by atoms with Gasteiger partial charge in [-0.1, -0.05) is 46.3 Å². The summed E-state index contributed by atoms with van der Waals surface area (Å²) in [5.74, 6) is -0.0628. The average molecular weight is 450 g/mol. The Hall–Kier alpha value is -3.05. The van der Waals surface area contributed by atoms with Crippen LogP contribution < -0.4 is 4.74 Å². The molecule has 0 atom stereocenters. The number of benzene rings is 3. The second-order valence-electron chi connectivity index (χ2n) is 6.75. The van der Waals surface area contributed by atoms with Gasteiger partial charge in [-0.25, -0.2) is 9.37 Å². The van der Waals surface area contributed by atoms with Crippen LogP contribution in [-0.4, -0.2) is 10.8 Å². The molecule has 5 heteroatoms. The van der Waals surface area contributed by atoms with Crippen molar-refractivity contribution in [1.82, 2.24) is 4.98 Å². The highest BCUT2D eigenvalue weighted by Crippen LogP contribution is 2.32. The SMILES string of the molecule is CC(=O)c1cc(F)ccc1Oc1nc2ccc(Br)cc2cc1Cc1ccccc1. The molecule has 1 aromatic heterocycles. The minimum atomic E-state index is -0.483. The smallest absolute Gasteiger partial charge is 0.223 e. The zero-order valence-corrected chi connectivity index (χ0v) is 17.2. The second kappa shape index (κ2) is 8.13. The molecule has 29 heavy (non-hydrogen) atoms. The molecule has 0 amide bonds. The highest BCUT2D eigenvalue weighted by Gasteiger charge is 2.15. The van der Waals surface area contributed by atoms with Crippen molar-refractivity contribution in [3.05, 3.63) is 99.8 Å². The molecule has 0 aliphatic carbocycles. The van der Waals surface area contributed by atoms with Gasteiger partial charge >= 0.3 is 0 Å². The Balaban J connectivity index is 1.83. The van der Waals surface area contributed by atoms with Gasteiger partial charge in [0.05, 0.1) is 11.1 Å². The Bertz CT molecular complexity index is 1210. The van der Waals surface area contributed by atoms with E-state index in [9.17, 15) is 9.18 Å². The maximum absolute atomic E-state index is 13.6. The third-order valence-corrected chi connectivity index (χ3v) is 5.07. The van der Waals surface area contributed by atoms with Crippen LogP contribution in [0.3, 0.4) is 0 Å². The number of carbonyl (C=O) groups is 1. The fourth-order valence-electron chi connectivity index (χ4n) is 3.17. The van der Waals surface area contributed by atoms with E-state index in [4.69, 9.17) is 4.74 Å². The summed E-state index contributed by atoms with van der Waals surface area (Å²) in [6, 6.07) is 21.8. The van der Waals surface area contributed by atoms with E-state index in [-0.39, 0.29) is 17.1 Å². The number of rotatable bonds is 5. The molecule has 0 bridgehead atoms. The van der Waals surface area contributed by atoms with E-state index in [1.54, 1.807) is 0 Å². The average Bonchev–Trinajstić information content (AvgIpc) is 2.70. The van der Waals surface area contributed by atoms with Gasteiger partial charge in [-0.3, -0.25) is 4.79 Å². The highest BCUT2D eigenvalue weighted by atomic mass is 79.9. The third-order valence-electron chi connectivity index (χ3n) is 4.58. The number of hydrogen-bond donors (Lipinski definition) is 0. The van der Waals surface area contributed by atoms with Gasteiger partial charge in [0.25, 0.3) is 0 Å². The predicted molar refractivity (Wildman–Crippen MR) is 115 cm³/mol. The van der Waals surface area contributed by atoms with Crippen molar-refractivity contribution in [3.8, 4) is 11.6 Å². The van der Waals surface area contributed by atoms with E-state index < -0.39 is 5.82 Å². The van der Waals surface area contributed by atoms with Gasteiger partial charge in [0, 0.05) is 21.8 Å². The van der Waals surface area contributed by atoms with Gasteiger partial charge in [-0.05, 0) is 55.0 Å². The minimum absolute atomic E-state index is 0.188. The van der Waals surface area contributed by atoms with E-state index in [1.165, 1.54) is 25.1 Å². The number of hydrogen-bond acceptors (Lipinski definition) is 3. The second-order valence-corrected chi connectivity index (χ2v) is 7.67. The van der Waals surface area contributed by atoms with Gasteiger partial charge in [0.1, 0.15) is 11.6 Å². The zero-order chi connectivity index (χ0) is 20.4. The van der Waals surface area contributed by atoms with Crippen LogP contribution >= 0.6 is 15.9 Å². The molecule has 144 valence electrons. The quantitative estimate of drug-likeness (QED) is 0.317. The van der Waals surface area contributed by atoms with Gasteiger partial charge < -0.3 is 4.74 Å². The van der Waals surface area contributed by atoms with Crippen molar-refractivity contribution in [2.45, 2.75) is 13.3 Å². The lowest BCUT2D eigenvalue weighted by atomic mass is 10.0. The number of ketones is 1. The molecule has 0 aliphatic rings. The standard InChI is InChI=1S/C24H17BrFNO2/c1-15(28)21-14-20(26)8-10-23(21)29-24-18(11-16-5-3-2-4-6-16)12-17-13-19(25)7-9-22(17)27-24/h2-10,12-14H,11H2,1H3. The van der Waals surface area contributed by atoms with Crippen molar-refractivity contribution < 1.29 is 13.9 Å². The summed E-state index contributed by atoms with van der Waals surface area (Å²) < 4.78 is 20.7.